The maximum absolute atomic E-state index is 12.9. The summed E-state index contributed by atoms with van der Waals surface area (Å²) < 4.78 is 57.9. The molecule has 0 fully saturated rings. The summed E-state index contributed by atoms with van der Waals surface area (Å²) in [6, 6.07) is 9.39. The molecule has 0 bridgehead atoms. The Bertz CT molecular complexity index is 1080. The summed E-state index contributed by atoms with van der Waals surface area (Å²) in [4.78, 5) is 11.0. The molecule has 8 nitrogen and oxygen atoms in total. The molecule has 0 radical (unpaired) electrons. The number of methoxy groups -OCH3 is 1. The molecule has 0 heterocycles. The Labute approximate surface area is 158 Å². The maximum atomic E-state index is 12.9. The van der Waals surface area contributed by atoms with E-state index in [1.165, 1.54) is 57.4 Å². The molecule has 2 rings (SSSR count). The number of nitrogens with two attached hydrogens (primary N) is 1. The van der Waals surface area contributed by atoms with E-state index in [0.717, 1.165) is 6.07 Å². The maximum Gasteiger partial charge on any atom is 0.265 e. The van der Waals surface area contributed by atoms with Crippen LogP contribution in [0.2, 0.25) is 0 Å². The molecule has 0 saturated carbocycles. The lowest BCUT2D eigenvalue weighted by molar-refractivity contribution is 0.100. The first-order valence-electron chi connectivity index (χ1n) is 7.84. The fourth-order valence-corrected chi connectivity index (χ4v) is 4.74. The standard InChI is InChI=1S/C17H20N2O6S2/c1-11(2)26(21,22)12-8-9-15(25-3)16(10-12)27(23,24)19-14-7-5-4-6-13(14)17(18)20/h4-11,19H,1-3H3,(H2,18,20). The molecule has 0 aliphatic carbocycles. The Morgan fingerprint density at radius 2 is 1.70 bits per heavy atom. The van der Waals surface area contributed by atoms with Crippen molar-refractivity contribution in [2.45, 2.75) is 28.9 Å². The number of hydrogen-bond donors (Lipinski definition) is 2. The van der Waals surface area contributed by atoms with E-state index in [1.54, 1.807) is 0 Å². The first-order valence-corrected chi connectivity index (χ1v) is 10.9. The van der Waals surface area contributed by atoms with Crippen molar-refractivity contribution in [1.82, 2.24) is 0 Å². The lowest BCUT2D eigenvalue weighted by atomic mass is 10.2. The highest BCUT2D eigenvalue weighted by molar-refractivity contribution is 7.93. The quantitative estimate of drug-likeness (QED) is 0.712. The van der Waals surface area contributed by atoms with Crippen LogP contribution in [0.1, 0.15) is 24.2 Å². The number of para-hydroxylation sites is 1. The number of carbonyl (C=O) groups is 1. The molecular weight excluding hydrogens is 392 g/mol. The number of sulfonamides is 1. The fourth-order valence-electron chi connectivity index (χ4n) is 2.30. The lowest BCUT2D eigenvalue weighted by Gasteiger charge is -2.15. The Morgan fingerprint density at radius 1 is 1.07 bits per heavy atom. The summed E-state index contributed by atoms with van der Waals surface area (Å²) in [5, 5.41) is -0.731. The van der Waals surface area contributed by atoms with Crippen molar-refractivity contribution < 1.29 is 26.4 Å². The van der Waals surface area contributed by atoms with Crippen LogP contribution in [0.25, 0.3) is 0 Å². The van der Waals surface area contributed by atoms with Gasteiger partial charge in [0.2, 0.25) is 0 Å². The second-order valence-electron chi connectivity index (χ2n) is 5.92. The summed E-state index contributed by atoms with van der Waals surface area (Å²) in [5.41, 5.74) is 5.22. The number of carbonyl (C=O) groups excluding carboxylic acids is 1. The average molecular weight is 412 g/mol. The van der Waals surface area contributed by atoms with Crippen molar-refractivity contribution in [3.63, 3.8) is 0 Å². The third kappa shape index (κ3) is 4.22. The number of sulfone groups is 1. The molecule has 2 aromatic carbocycles. The van der Waals surface area contributed by atoms with Gasteiger partial charge in [-0.1, -0.05) is 12.1 Å². The molecule has 146 valence electrons. The van der Waals surface area contributed by atoms with Crippen LogP contribution in [0.3, 0.4) is 0 Å². The summed E-state index contributed by atoms with van der Waals surface area (Å²) in [6.07, 6.45) is 0. The number of hydrogen-bond acceptors (Lipinski definition) is 6. The zero-order valence-corrected chi connectivity index (χ0v) is 16.6. The van der Waals surface area contributed by atoms with Crippen molar-refractivity contribution in [1.29, 1.82) is 0 Å². The number of benzene rings is 2. The molecule has 0 aliphatic rings. The van der Waals surface area contributed by atoms with E-state index in [4.69, 9.17) is 10.5 Å². The van der Waals surface area contributed by atoms with Gasteiger partial charge in [0.15, 0.2) is 9.84 Å². The van der Waals surface area contributed by atoms with Crippen molar-refractivity contribution in [3.8, 4) is 5.75 Å². The largest absolute Gasteiger partial charge is 0.495 e. The molecule has 3 N–H and O–H groups in total. The van der Waals surface area contributed by atoms with Gasteiger partial charge in [0.05, 0.1) is 28.5 Å². The van der Waals surface area contributed by atoms with Gasteiger partial charge in [-0.2, -0.15) is 0 Å². The Kier molecular flexibility index (Phi) is 5.81. The van der Waals surface area contributed by atoms with Gasteiger partial charge in [-0.15, -0.1) is 0 Å². The number of ether oxygens (including phenoxy) is 1. The van der Waals surface area contributed by atoms with Crippen LogP contribution in [-0.2, 0) is 19.9 Å². The van der Waals surface area contributed by atoms with Crippen molar-refractivity contribution in [3.05, 3.63) is 48.0 Å². The fraction of sp³-hybridized carbons (Fsp3) is 0.235. The van der Waals surface area contributed by atoms with Gasteiger partial charge in [0.1, 0.15) is 10.6 Å². The molecule has 27 heavy (non-hydrogen) atoms. The summed E-state index contributed by atoms with van der Waals surface area (Å²) >= 11 is 0. The van der Waals surface area contributed by atoms with E-state index >= 15 is 0 Å². The number of primary amides is 1. The molecule has 2 aromatic rings. The van der Waals surface area contributed by atoms with E-state index in [-0.39, 0.29) is 26.8 Å². The molecule has 0 atom stereocenters. The van der Waals surface area contributed by atoms with Gasteiger partial charge in [0.25, 0.3) is 15.9 Å². The molecule has 0 aromatic heterocycles. The van der Waals surface area contributed by atoms with Crippen LogP contribution in [0, 0.1) is 0 Å². The Hall–Kier alpha value is -2.59. The molecule has 0 unspecified atom stereocenters. The van der Waals surface area contributed by atoms with Gasteiger partial charge in [-0.25, -0.2) is 16.8 Å². The Morgan fingerprint density at radius 3 is 2.26 bits per heavy atom. The Balaban J connectivity index is 2.60. The topological polar surface area (TPSA) is 133 Å². The number of amides is 1. The van der Waals surface area contributed by atoms with Gasteiger partial charge in [-0.05, 0) is 44.2 Å². The number of rotatable bonds is 7. The average Bonchev–Trinajstić information content (AvgIpc) is 2.60. The molecule has 10 heteroatoms. The first kappa shape index (κ1) is 20.7. The predicted octanol–water partition coefficient (Wildman–Crippen LogP) is 1.78. The van der Waals surface area contributed by atoms with Gasteiger partial charge >= 0.3 is 0 Å². The second-order valence-corrected chi connectivity index (χ2v) is 10.1. The van der Waals surface area contributed by atoms with Crippen molar-refractivity contribution >= 4 is 31.5 Å². The SMILES string of the molecule is COc1ccc(S(=O)(=O)C(C)C)cc1S(=O)(=O)Nc1ccccc1C(N)=O. The molecule has 0 spiro atoms. The van der Waals surface area contributed by atoms with Crippen LogP contribution in [-0.4, -0.2) is 35.1 Å². The molecule has 0 saturated heterocycles. The second kappa shape index (κ2) is 7.57. The third-order valence-electron chi connectivity index (χ3n) is 3.81. The smallest absolute Gasteiger partial charge is 0.265 e. The lowest BCUT2D eigenvalue weighted by Crippen LogP contribution is -2.20. The van der Waals surface area contributed by atoms with E-state index in [1.807, 2.05) is 0 Å². The molecular formula is C17H20N2O6S2. The van der Waals surface area contributed by atoms with E-state index in [9.17, 15) is 21.6 Å². The summed E-state index contributed by atoms with van der Waals surface area (Å²) in [7, 11) is -6.70. The van der Waals surface area contributed by atoms with Crippen LogP contribution in [0.15, 0.2) is 52.3 Å². The van der Waals surface area contributed by atoms with Crippen molar-refractivity contribution in [2.24, 2.45) is 5.73 Å². The van der Waals surface area contributed by atoms with E-state index in [2.05, 4.69) is 4.72 Å². The minimum atomic E-state index is -4.27. The third-order valence-corrected chi connectivity index (χ3v) is 7.35. The van der Waals surface area contributed by atoms with Crippen LogP contribution in [0.4, 0.5) is 5.69 Å². The van der Waals surface area contributed by atoms with Gasteiger partial charge in [-0.3, -0.25) is 9.52 Å². The van der Waals surface area contributed by atoms with E-state index < -0.39 is 31.0 Å². The minimum Gasteiger partial charge on any atom is -0.495 e. The zero-order chi connectivity index (χ0) is 20.4. The highest BCUT2D eigenvalue weighted by Crippen LogP contribution is 2.30. The predicted molar refractivity (Wildman–Crippen MR) is 101 cm³/mol. The highest BCUT2D eigenvalue weighted by Gasteiger charge is 2.26. The summed E-state index contributed by atoms with van der Waals surface area (Å²) in [6.45, 7) is 2.99. The highest BCUT2D eigenvalue weighted by atomic mass is 32.2. The first-order chi connectivity index (χ1) is 12.5. The van der Waals surface area contributed by atoms with Crippen LogP contribution >= 0.6 is 0 Å². The van der Waals surface area contributed by atoms with Gasteiger partial charge in [0, 0.05) is 0 Å². The van der Waals surface area contributed by atoms with E-state index in [0.29, 0.717) is 0 Å². The van der Waals surface area contributed by atoms with Gasteiger partial charge < -0.3 is 10.5 Å². The van der Waals surface area contributed by atoms with Crippen LogP contribution < -0.4 is 15.2 Å². The van der Waals surface area contributed by atoms with Crippen LogP contribution in [0.5, 0.6) is 5.75 Å². The monoisotopic (exact) mass is 412 g/mol. The zero-order valence-electron chi connectivity index (χ0n) is 15.0. The normalized spacial score (nSPS) is 12.0. The summed E-state index contributed by atoms with van der Waals surface area (Å²) in [5.74, 6) is -0.849. The molecule has 0 aliphatic heterocycles. The molecule has 1 amide bonds. The van der Waals surface area contributed by atoms with Crippen molar-refractivity contribution in [2.75, 3.05) is 11.8 Å². The number of anilines is 1. The minimum absolute atomic E-state index is 0.0222. The number of nitrogens with one attached hydrogen (secondary N) is 1.